The van der Waals surface area contributed by atoms with Crippen LogP contribution in [0.25, 0.3) is 0 Å². The van der Waals surface area contributed by atoms with Gasteiger partial charge < -0.3 is 14.4 Å². The molecule has 0 spiro atoms. The van der Waals surface area contributed by atoms with Crippen LogP contribution in [0.15, 0.2) is 12.1 Å². The van der Waals surface area contributed by atoms with Gasteiger partial charge in [0.2, 0.25) is 5.91 Å². The molecule has 1 rings (SSSR count). The zero-order valence-corrected chi connectivity index (χ0v) is 13.4. The standard InChI is InChI=1S/C14H15ClF3NO4/c1-19(2)11(20)7-5-8-10(23-14(16,17)18)6-4-9(12(8)15)13(21)22-3/h4,6H,5,7H2,1-3H3. The monoisotopic (exact) mass is 353 g/mol. The van der Waals surface area contributed by atoms with Gasteiger partial charge in [-0.25, -0.2) is 4.79 Å². The molecule has 5 nitrogen and oxygen atoms in total. The van der Waals surface area contributed by atoms with Gasteiger partial charge in [0.05, 0.1) is 17.7 Å². The van der Waals surface area contributed by atoms with Crippen LogP contribution in [0.4, 0.5) is 13.2 Å². The Morgan fingerprint density at radius 2 is 1.87 bits per heavy atom. The molecule has 0 aliphatic rings. The van der Waals surface area contributed by atoms with Crippen LogP contribution in [0.1, 0.15) is 22.3 Å². The molecule has 0 aliphatic carbocycles. The second-order valence-electron chi connectivity index (χ2n) is 4.73. The maximum atomic E-state index is 12.5. The number of methoxy groups -OCH3 is 1. The Morgan fingerprint density at radius 3 is 2.35 bits per heavy atom. The lowest BCUT2D eigenvalue weighted by molar-refractivity contribution is -0.274. The maximum Gasteiger partial charge on any atom is 0.573 e. The Bertz CT molecular complexity index is 602. The number of ether oxygens (including phenoxy) is 2. The SMILES string of the molecule is COC(=O)c1ccc(OC(F)(F)F)c(CCC(=O)N(C)C)c1Cl. The number of alkyl halides is 3. The van der Waals surface area contributed by atoms with Gasteiger partial charge in [0.1, 0.15) is 5.75 Å². The number of esters is 1. The summed E-state index contributed by atoms with van der Waals surface area (Å²) in [5.41, 5.74) is -0.182. The highest BCUT2D eigenvalue weighted by Gasteiger charge is 2.33. The van der Waals surface area contributed by atoms with Gasteiger partial charge >= 0.3 is 12.3 Å². The van der Waals surface area contributed by atoms with Crippen molar-refractivity contribution in [3.63, 3.8) is 0 Å². The molecule has 1 aromatic rings. The van der Waals surface area contributed by atoms with Crippen molar-refractivity contribution in [1.29, 1.82) is 0 Å². The number of amides is 1. The highest BCUT2D eigenvalue weighted by atomic mass is 35.5. The van der Waals surface area contributed by atoms with Gasteiger partial charge in [0.25, 0.3) is 0 Å². The van der Waals surface area contributed by atoms with E-state index in [9.17, 15) is 22.8 Å². The largest absolute Gasteiger partial charge is 0.573 e. The van der Waals surface area contributed by atoms with Crippen molar-refractivity contribution >= 4 is 23.5 Å². The van der Waals surface area contributed by atoms with E-state index in [0.717, 1.165) is 19.2 Å². The number of hydrogen-bond acceptors (Lipinski definition) is 4. The molecule has 23 heavy (non-hydrogen) atoms. The lowest BCUT2D eigenvalue weighted by Crippen LogP contribution is -2.23. The summed E-state index contributed by atoms with van der Waals surface area (Å²) >= 11 is 6.01. The first kappa shape index (κ1) is 19.1. The van der Waals surface area contributed by atoms with E-state index in [0.29, 0.717) is 0 Å². The van der Waals surface area contributed by atoms with Gasteiger partial charge in [-0.1, -0.05) is 11.6 Å². The fraction of sp³-hybridized carbons (Fsp3) is 0.429. The minimum Gasteiger partial charge on any atom is -0.465 e. The third-order valence-electron chi connectivity index (χ3n) is 2.92. The highest BCUT2D eigenvalue weighted by Crippen LogP contribution is 2.34. The molecular weight excluding hydrogens is 339 g/mol. The first-order chi connectivity index (χ1) is 10.6. The first-order valence-electron chi connectivity index (χ1n) is 6.42. The van der Waals surface area contributed by atoms with Crippen LogP contribution >= 0.6 is 11.6 Å². The van der Waals surface area contributed by atoms with Gasteiger partial charge in [0.15, 0.2) is 0 Å². The molecule has 1 amide bonds. The van der Waals surface area contributed by atoms with Gasteiger partial charge in [0, 0.05) is 26.1 Å². The minimum absolute atomic E-state index is 0.0814. The van der Waals surface area contributed by atoms with E-state index in [1.807, 2.05) is 0 Å². The summed E-state index contributed by atoms with van der Waals surface area (Å²) in [7, 11) is 4.15. The number of carbonyl (C=O) groups excluding carboxylic acids is 2. The summed E-state index contributed by atoms with van der Waals surface area (Å²) in [5, 5.41) is -0.231. The van der Waals surface area contributed by atoms with Crippen molar-refractivity contribution in [2.24, 2.45) is 0 Å². The third-order valence-corrected chi connectivity index (χ3v) is 3.35. The van der Waals surface area contributed by atoms with Gasteiger partial charge in [-0.15, -0.1) is 13.2 Å². The van der Waals surface area contributed by atoms with Crippen LogP contribution in [0.2, 0.25) is 5.02 Å². The van der Waals surface area contributed by atoms with Crippen molar-refractivity contribution in [3.8, 4) is 5.75 Å². The Morgan fingerprint density at radius 1 is 1.26 bits per heavy atom. The normalized spacial score (nSPS) is 11.1. The molecule has 0 atom stereocenters. The van der Waals surface area contributed by atoms with Crippen LogP contribution in [0.5, 0.6) is 5.75 Å². The molecule has 0 heterocycles. The lowest BCUT2D eigenvalue weighted by atomic mass is 10.0. The summed E-state index contributed by atoms with van der Waals surface area (Å²) < 4.78 is 45.8. The van der Waals surface area contributed by atoms with Crippen LogP contribution in [0, 0.1) is 0 Å². The second kappa shape index (κ2) is 7.54. The smallest absolute Gasteiger partial charge is 0.465 e. The third kappa shape index (κ3) is 5.31. The molecule has 0 bridgehead atoms. The van der Waals surface area contributed by atoms with E-state index in [1.54, 1.807) is 0 Å². The van der Waals surface area contributed by atoms with Crippen molar-refractivity contribution in [2.75, 3.05) is 21.2 Å². The zero-order chi connectivity index (χ0) is 17.8. The van der Waals surface area contributed by atoms with E-state index < -0.39 is 18.1 Å². The predicted octanol–water partition coefficient (Wildman–Crippen LogP) is 3.05. The maximum absolute atomic E-state index is 12.5. The van der Waals surface area contributed by atoms with Crippen LogP contribution < -0.4 is 4.74 Å². The fourth-order valence-electron chi connectivity index (χ4n) is 1.78. The van der Waals surface area contributed by atoms with Crippen molar-refractivity contribution < 1.29 is 32.2 Å². The Balaban J connectivity index is 3.23. The Hall–Kier alpha value is -1.96. The number of nitrogens with zero attached hydrogens (tertiary/aromatic N) is 1. The van der Waals surface area contributed by atoms with Crippen molar-refractivity contribution in [2.45, 2.75) is 19.2 Å². The molecule has 0 aromatic heterocycles. The molecule has 0 saturated carbocycles. The Labute approximate surface area is 135 Å². The van der Waals surface area contributed by atoms with E-state index in [4.69, 9.17) is 11.6 Å². The van der Waals surface area contributed by atoms with Gasteiger partial charge in [-0.3, -0.25) is 4.79 Å². The van der Waals surface area contributed by atoms with Gasteiger partial charge in [-0.2, -0.15) is 0 Å². The van der Waals surface area contributed by atoms with E-state index in [-0.39, 0.29) is 34.9 Å². The molecule has 0 radical (unpaired) electrons. The molecule has 9 heteroatoms. The number of benzene rings is 1. The zero-order valence-electron chi connectivity index (χ0n) is 12.7. The first-order valence-corrected chi connectivity index (χ1v) is 6.80. The molecule has 0 unspecified atom stereocenters. The van der Waals surface area contributed by atoms with Crippen LogP contribution in [0.3, 0.4) is 0 Å². The second-order valence-corrected chi connectivity index (χ2v) is 5.11. The summed E-state index contributed by atoms with van der Waals surface area (Å²) in [6.45, 7) is 0. The van der Waals surface area contributed by atoms with Crippen LogP contribution in [-0.2, 0) is 16.0 Å². The molecule has 0 fully saturated rings. The summed E-state index contributed by atoms with van der Waals surface area (Å²) in [4.78, 5) is 24.5. The molecule has 0 N–H and O–H groups in total. The Kier molecular flexibility index (Phi) is 6.26. The average Bonchev–Trinajstić information content (AvgIpc) is 2.44. The average molecular weight is 354 g/mol. The van der Waals surface area contributed by atoms with Crippen LogP contribution in [-0.4, -0.2) is 44.3 Å². The fourth-order valence-corrected chi connectivity index (χ4v) is 2.11. The molecular formula is C14H15ClF3NO4. The lowest BCUT2D eigenvalue weighted by Gasteiger charge is -2.17. The number of carbonyl (C=O) groups is 2. The number of halogens is 4. The van der Waals surface area contributed by atoms with E-state index in [2.05, 4.69) is 9.47 Å². The summed E-state index contributed by atoms with van der Waals surface area (Å²) in [6.07, 6.45) is -5.13. The van der Waals surface area contributed by atoms with Crippen molar-refractivity contribution in [3.05, 3.63) is 28.3 Å². The molecule has 0 saturated heterocycles. The quantitative estimate of drug-likeness (QED) is 0.763. The number of hydrogen-bond donors (Lipinski definition) is 0. The van der Waals surface area contributed by atoms with Gasteiger partial charge in [-0.05, 0) is 18.6 Å². The predicted molar refractivity (Wildman–Crippen MR) is 76.5 cm³/mol. The molecule has 128 valence electrons. The van der Waals surface area contributed by atoms with E-state index >= 15 is 0 Å². The molecule has 0 aliphatic heterocycles. The van der Waals surface area contributed by atoms with Crippen molar-refractivity contribution in [1.82, 2.24) is 4.90 Å². The van der Waals surface area contributed by atoms with E-state index in [1.165, 1.54) is 19.0 Å². The number of rotatable bonds is 5. The summed E-state index contributed by atoms with van der Waals surface area (Å²) in [5.74, 6) is -1.65. The minimum atomic E-state index is -4.92. The topological polar surface area (TPSA) is 55.8 Å². The highest BCUT2D eigenvalue weighted by molar-refractivity contribution is 6.34. The molecule has 1 aromatic carbocycles. The summed E-state index contributed by atoms with van der Waals surface area (Å²) in [6, 6.07) is 2.05.